The minimum absolute atomic E-state index is 0.00783. The molecular formula is C20H23NO12. The number of ether oxygens (including phenoxy) is 4. The van der Waals surface area contributed by atoms with Crippen molar-refractivity contribution in [1.82, 2.24) is 5.32 Å². The molecule has 1 fully saturated rings. The van der Waals surface area contributed by atoms with Gasteiger partial charge in [0.25, 0.3) is 5.91 Å². The summed E-state index contributed by atoms with van der Waals surface area (Å²) in [5, 5.41) is 73.9. The van der Waals surface area contributed by atoms with Gasteiger partial charge in [-0.2, -0.15) is 0 Å². The zero-order valence-electron chi connectivity index (χ0n) is 16.9. The predicted octanol–water partition coefficient (Wildman–Crippen LogP) is -3.46. The zero-order valence-corrected chi connectivity index (χ0v) is 16.9. The molecule has 0 unspecified atom stereocenters. The number of carbonyl (C=O) groups is 1. The number of phenols is 1. The summed E-state index contributed by atoms with van der Waals surface area (Å²) in [7, 11) is 0. The van der Waals surface area contributed by atoms with E-state index in [1.807, 2.05) is 0 Å². The quantitative estimate of drug-likeness (QED) is 0.217. The van der Waals surface area contributed by atoms with Crippen LogP contribution < -0.4 is 14.8 Å². The monoisotopic (exact) mass is 469 g/mol. The molecular weight excluding hydrogens is 446 g/mol. The zero-order chi connectivity index (χ0) is 23.6. The van der Waals surface area contributed by atoms with Crippen molar-refractivity contribution in [2.24, 2.45) is 0 Å². The molecule has 180 valence electrons. The van der Waals surface area contributed by atoms with Crippen LogP contribution in [0.5, 0.6) is 17.2 Å². The van der Waals surface area contributed by atoms with Crippen molar-refractivity contribution >= 4 is 11.5 Å². The van der Waals surface area contributed by atoms with E-state index >= 15 is 0 Å². The number of aliphatic hydroxyl groups is 6. The second-order valence-corrected chi connectivity index (χ2v) is 8.23. The van der Waals surface area contributed by atoms with Crippen molar-refractivity contribution in [2.75, 3.05) is 13.4 Å². The molecule has 0 aromatic heterocycles. The van der Waals surface area contributed by atoms with Crippen molar-refractivity contribution in [3.8, 4) is 17.2 Å². The highest BCUT2D eigenvalue weighted by molar-refractivity contribution is 6.07. The van der Waals surface area contributed by atoms with Gasteiger partial charge in [0.2, 0.25) is 12.5 Å². The van der Waals surface area contributed by atoms with Gasteiger partial charge in [0.15, 0.2) is 17.8 Å². The lowest BCUT2D eigenvalue weighted by atomic mass is 9.79. The maximum absolute atomic E-state index is 12.9. The maximum Gasteiger partial charge on any atom is 0.256 e. The number of hydrogen-bond acceptors (Lipinski definition) is 12. The van der Waals surface area contributed by atoms with Gasteiger partial charge in [-0.25, -0.2) is 0 Å². The van der Waals surface area contributed by atoms with Gasteiger partial charge in [-0.3, -0.25) is 4.79 Å². The van der Waals surface area contributed by atoms with Gasteiger partial charge in [-0.05, 0) is 17.7 Å². The Bertz CT molecular complexity index is 996. The Hall–Kier alpha value is -2.49. The topological polar surface area (TPSA) is 208 Å². The van der Waals surface area contributed by atoms with Crippen molar-refractivity contribution in [1.29, 1.82) is 0 Å². The van der Waals surface area contributed by atoms with Gasteiger partial charge in [0.05, 0.1) is 18.2 Å². The lowest BCUT2D eigenvalue weighted by Gasteiger charge is -2.45. The third-order valence-electron chi connectivity index (χ3n) is 6.30. The van der Waals surface area contributed by atoms with Crippen LogP contribution in [0.1, 0.15) is 15.9 Å². The molecule has 1 saturated heterocycles. The number of benzene rings is 1. The first-order valence-electron chi connectivity index (χ1n) is 10.2. The van der Waals surface area contributed by atoms with E-state index in [4.69, 9.17) is 18.9 Å². The highest BCUT2D eigenvalue weighted by Crippen LogP contribution is 2.49. The molecule has 0 saturated carbocycles. The Kier molecular flexibility index (Phi) is 5.46. The van der Waals surface area contributed by atoms with E-state index in [2.05, 4.69) is 5.32 Å². The van der Waals surface area contributed by atoms with Crippen molar-refractivity contribution < 1.29 is 59.5 Å². The average Bonchev–Trinajstić information content (AvgIpc) is 3.27. The summed E-state index contributed by atoms with van der Waals surface area (Å²) in [5.41, 5.74) is 0.404. The molecule has 0 bridgehead atoms. The Morgan fingerprint density at radius 2 is 1.82 bits per heavy atom. The summed E-state index contributed by atoms with van der Waals surface area (Å²) in [5.74, 6) is -0.959. The lowest BCUT2D eigenvalue weighted by molar-refractivity contribution is -0.320. The number of rotatable bonds is 3. The molecule has 1 aromatic carbocycles. The Balaban J connectivity index is 1.50. The second-order valence-electron chi connectivity index (χ2n) is 8.23. The van der Waals surface area contributed by atoms with Crippen LogP contribution in [0.15, 0.2) is 12.1 Å². The van der Waals surface area contributed by atoms with Gasteiger partial charge in [0, 0.05) is 5.56 Å². The Morgan fingerprint density at radius 1 is 1.06 bits per heavy atom. The maximum atomic E-state index is 12.9. The number of nitrogens with one attached hydrogen (secondary N) is 1. The third kappa shape index (κ3) is 3.36. The highest BCUT2D eigenvalue weighted by Gasteiger charge is 2.50. The molecule has 13 heteroatoms. The molecule has 3 aliphatic heterocycles. The number of carbonyl (C=O) groups excluding carboxylic acids is 1. The van der Waals surface area contributed by atoms with E-state index in [1.54, 1.807) is 0 Å². The summed E-state index contributed by atoms with van der Waals surface area (Å²) in [6, 6.07) is 0.403. The summed E-state index contributed by atoms with van der Waals surface area (Å²) in [6.07, 6.45) is -11.1. The van der Waals surface area contributed by atoms with Crippen LogP contribution in [0.3, 0.4) is 0 Å². The van der Waals surface area contributed by atoms with Gasteiger partial charge in [-0.1, -0.05) is 0 Å². The predicted molar refractivity (Wildman–Crippen MR) is 104 cm³/mol. The van der Waals surface area contributed by atoms with Crippen LogP contribution in [-0.2, 0) is 9.47 Å². The number of amides is 1. The van der Waals surface area contributed by atoms with Gasteiger partial charge in [-0.15, -0.1) is 0 Å². The van der Waals surface area contributed by atoms with Crippen LogP contribution in [0.2, 0.25) is 0 Å². The first-order valence-corrected chi connectivity index (χ1v) is 10.2. The highest BCUT2D eigenvalue weighted by atomic mass is 16.7. The minimum atomic E-state index is -1.76. The standard InChI is InChI=1S/C20H23NO12/c22-3-9-13(25)15(27)16(28)20(32-9)33-18-11-6(1-7(23)12(18)24)5-2-8-17(31-4-30-8)14(26)10(5)19(29)21-11/h1-2,7,9,11-13,15-16,18,20,22-28H,3-4H2,(H,21,29)/t7-,9-,11+,12+,13-,15+,16-,18-,20+/m1/s1. The fourth-order valence-corrected chi connectivity index (χ4v) is 4.56. The minimum Gasteiger partial charge on any atom is -0.504 e. The summed E-state index contributed by atoms with van der Waals surface area (Å²) >= 11 is 0. The summed E-state index contributed by atoms with van der Waals surface area (Å²) < 4.78 is 21.5. The number of aromatic hydroxyl groups is 1. The molecule has 1 aromatic rings. The molecule has 33 heavy (non-hydrogen) atoms. The van der Waals surface area contributed by atoms with Crippen LogP contribution in [0.25, 0.3) is 5.57 Å². The normalized spacial score (nSPS) is 39.4. The van der Waals surface area contributed by atoms with Crippen molar-refractivity contribution in [2.45, 2.75) is 55.1 Å². The smallest absolute Gasteiger partial charge is 0.256 e. The summed E-state index contributed by atoms with van der Waals surface area (Å²) in [6.45, 7) is -0.841. The Morgan fingerprint density at radius 3 is 2.55 bits per heavy atom. The van der Waals surface area contributed by atoms with E-state index in [0.717, 1.165) is 0 Å². The average molecular weight is 469 g/mol. The molecule has 9 atom stereocenters. The molecule has 4 aliphatic rings. The van der Waals surface area contributed by atoms with E-state index in [1.165, 1.54) is 12.1 Å². The van der Waals surface area contributed by atoms with Crippen LogP contribution in [-0.4, -0.2) is 110 Å². The molecule has 0 spiro atoms. The Labute approximate surface area is 186 Å². The molecule has 5 rings (SSSR count). The van der Waals surface area contributed by atoms with E-state index < -0.39 is 73.3 Å². The largest absolute Gasteiger partial charge is 0.504 e. The van der Waals surface area contributed by atoms with Crippen LogP contribution in [0.4, 0.5) is 0 Å². The van der Waals surface area contributed by atoms with Crippen LogP contribution in [0, 0.1) is 0 Å². The van der Waals surface area contributed by atoms with E-state index in [0.29, 0.717) is 5.57 Å². The van der Waals surface area contributed by atoms with Crippen LogP contribution >= 0.6 is 0 Å². The number of hydrogen-bond donors (Lipinski definition) is 8. The third-order valence-corrected chi connectivity index (χ3v) is 6.30. The number of fused-ring (bicyclic) bond motifs is 4. The first kappa shape index (κ1) is 22.3. The summed E-state index contributed by atoms with van der Waals surface area (Å²) in [4.78, 5) is 12.9. The fourth-order valence-electron chi connectivity index (χ4n) is 4.56. The first-order chi connectivity index (χ1) is 15.7. The molecule has 3 heterocycles. The number of phenolic OH excluding ortho intramolecular Hbond substituents is 1. The molecule has 8 N–H and O–H groups in total. The van der Waals surface area contributed by atoms with E-state index in [-0.39, 0.29) is 29.4 Å². The van der Waals surface area contributed by atoms with E-state index in [9.17, 15) is 40.5 Å². The lowest BCUT2D eigenvalue weighted by Crippen LogP contribution is -2.64. The number of aliphatic hydroxyl groups excluding tert-OH is 6. The van der Waals surface area contributed by atoms with Gasteiger partial charge < -0.3 is 60.0 Å². The van der Waals surface area contributed by atoms with Crippen molar-refractivity contribution in [3.05, 3.63) is 23.3 Å². The second kappa shape index (κ2) is 8.07. The molecule has 1 amide bonds. The van der Waals surface area contributed by atoms with Gasteiger partial charge >= 0.3 is 0 Å². The van der Waals surface area contributed by atoms with Gasteiger partial charge in [0.1, 0.15) is 42.7 Å². The fraction of sp³-hybridized carbons (Fsp3) is 0.550. The molecule has 1 aliphatic carbocycles. The van der Waals surface area contributed by atoms with Crippen molar-refractivity contribution in [3.63, 3.8) is 0 Å². The SMILES string of the molecule is O=C1N[C@H]2C(=C[C@@H](O)[C@H](O)[C@@H]2O[C@@H]2O[C@H](CO)[C@@H](O)[C@H](O)[C@H]2O)c2cc3c(c(O)c21)OCO3. The molecule has 0 radical (unpaired) electrons. The molecule has 13 nitrogen and oxygen atoms in total.